The smallest absolute Gasteiger partial charge is 0.311 e. The zero-order valence-electron chi connectivity index (χ0n) is 17.0. The summed E-state index contributed by atoms with van der Waals surface area (Å²) in [5.74, 6) is -0.458. The van der Waals surface area contributed by atoms with Crippen LogP contribution in [0.3, 0.4) is 0 Å². The van der Waals surface area contributed by atoms with Crippen LogP contribution in [0.15, 0.2) is 36.4 Å². The SMILES string of the molecule is CCOc1ccc(C(=O)NC(=S)Nc2cccc(Cl)c2N2CCCCC2)cc1[N+](=O)[O-]. The summed E-state index contributed by atoms with van der Waals surface area (Å²) in [6.45, 7) is 3.79. The van der Waals surface area contributed by atoms with E-state index in [1.807, 2.05) is 12.1 Å². The zero-order chi connectivity index (χ0) is 22.4. The number of carbonyl (C=O) groups excluding carboxylic acids is 1. The van der Waals surface area contributed by atoms with E-state index >= 15 is 0 Å². The van der Waals surface area contributed by atoms with Crippen molar-refractivity contribution < 1.29 is 14.5 Å². The molecule has 0 atom stereocenters. The Labute approximate surface area is 190 Å². The van der Waals surface area contributed by atoms with E-state index in [4.69, 9.17) is 28.6 Å². The number of amides is 1. The highest BCUT2D eigenvalue weighted by Gasteiger charge is 2.21. The third-order valence-corrected chi connectivity index (χ3v) is 5.36. The fourth-order valence-corrected chi connectivity index (χ4v) is 3.96. The Morgan fingerprint density at radius 1 is 1.26 bits per heavy atom. The molecule has 31 heavy (non-hydrogen) atoms. The summed E-state index contributed by atoms with van der Waals surface area (Å²) in [7, 11) is 0. The normalized spacial score (nSPS) is 13.4. The second-order valence-electron chi connectivity index (χ2n) is 6.96. The van der Waals surface area contributed by atoms with Gasteiger partial charge in [0.2, 0.25) is 0 Å². The topological polar surface area (TPSA) is 96.7 Å². The lowest BCUT2D eigenvalue weighted by atomic mass is 10.1. The molecule has 1 saturated heterocycles. The van der Waals surface area contributed by atoms with Gasteiger partial charge in [-0.3, -0.25) is 20.2 Å². The van der Waals surface area contributed by atoms with Gasteiger partial charge in [-0.25, -0.2) is 0 Å². The maximum absolute atomic E-state index is 12.6. The minimum Gasteiger partial charge on any atom is -0.487 e. The van der Waals surface area contributed by atoms with Crippen LogP contribution in [0, 0.1) is 10.1 Å². The number of halogens is 1. The molecule has 1 fully saturated rings. The number of nitrogens with one attached hydrogen (secondary N) is 2. The highest BCUT2D eigenvalue weighted by Crippen LogP contribution is 2.35. The predicted octanol–water partition coefficient (Wildman–Crippen LogP) is 4.76. The first-order valence-corrected chi connectivity index (χ1v) is 10.8. The van der Waals surface area contributed by atoms with Crippen molar-refractivity contribution in [2.75, 3.05) is 29.9 Å². The van der Waals surface area contributed by atoms with Crippen molar-refractivity contribution in [1.29, 1.82) is 0 Å². The molecule has 2 aromatic rings. The van der Waals surface area contributed by atoms with Crippen molar-refractivity contribution >= 4 is 51.9 Å². The fourth-order valence-electron chi connectivity index (χ4n) is 3.46. The summed E-state index contributed by atoms with van der Waals surface area (Å²) in [4.78, 5) is 25.5. The fraction of sp³-hybridized carbons (Fsp3) is 0.333. The van der Waals surface area contributed by atoms with Gasteiger partial charge in [0.05, 0.1) is 27.9 Å². The van der Waals surface area contributed by atoms with E-state index in [9.17, 15) is 14.9 Å². The second-order valence-corrected chi connectivity index (χ2v) is 7.78. The molecule has 0 aromatic heterocycles. The number of rotatable bonds is 6. The standard InChI is InChI=1S/C21H23ClN4O4S/c1-2-30-18-10-9-14(13-17(18)26(28)29)20(27)24-21(31)23-16-8-6-7-15(22)19(16)25-11-4-3-5-12-25/h6-10,13H,2-5,11-12H2,1H3,(H2,23,24,27,31). The van der Waals surface area contributed by atoms with Gasteiger partial charge in [0.1, 0.15) is 0 Å². The van der Waals surface area contributed by atoms with Crippen LogP contribution < -0.4 is 20.3 Å². The number of hydrogen-bond donors (Lipinski definition) is 2. The number of nitrogens with zero attached hydrogens (tertiary/aromatic N) is 2. The van der Waals surface area contributed by atoms with Crippen molar-refractivity contribution in [1.82, 2.24) is 5.32 Å². The number of benzene rings is 2. The van der Waals surface area contributed by atoms with Gasteiger partial charge in [0.15, 0.2) is 10.9 Å². The maximum Gasteiger partial charge on any atom is 0.311 e. The minimum atomic E-state index is -0.588. The third-order valence-electron chi connectivity index (χ3n) is 4.85. The van der Waals surface area contributed by atoms with Crippen molar-refractivity contribution in [3.05, 3.63) is 57.1 Å². The van der Waals surface area contributed by atoms with Gasteiger partial charge in [-0.15, -0.1) is 0 Å². The molecular formula is C21H23ClN4O4S. The summed E-state index contributed by atoms with van der Waals surface area (Å²) >= 11 is 11.8. The number of para-hydroxylation sites is 1. The molecule has 1 heterocycles. The molecule has 164 valence electrons. The van der Waals surface area contributed by atoms with Crippen LogP contribution in [-0.4, -0.2) is 35.6 Å². The van der Waals surface area contributed by atoms with Gasteiger partial charge in [-0.2, -0.15) is 0 Å². The number of nitro benzene ring substituents is 1. The predicted molar refractivity (Wildman–Crippen MR) is 125 cm³/mol. The van der Waals surface area contributed by atoms with Crippen LogP contribution in [0.1, 0.15) is 36.5 Å². The second kappa shape index (κ2) is 10.4. The van der Waals surface area contributed by atoms with Gasteiger partial charge < -0.3 is 15.0 Å². The molecule has 1 amide bonds. The number of nitro groups is 1. The number of hydrogen-bond acceptors (Lipinski definition) is 6. The average Bonchev–Trinajstić information content (AvgIpc) is 2.74. The Kier molecular flexibility index (Phi) is 7.64. The van der Waals surface area contributed by atoms with Gasteiger partial charge in [-0.1, -0.05) is 17.7 Å². The molecule has 0 saturated carbocycles. The van der Waals surface area contributed by atoms with E-state index < -0.39 is 10.8 Å². The summed E-state index contributed by atoms with van der Waals surface area (Å²) < 4.78 is 5.25. The van der Waals surface area contributed by atoms with Crippen molar-refractivity contribution in [3.8, 4) is 5.75 Å². The Hall–Kier alpha value is -2.91. The summed E-state index contributed by atoms with van der Waals surface area (Å²) in [5, 5.41) is 17.6. The highest BCUT2D eigenvalue weighted by molar-refractivity contribution is 7.80. The quantitative estimate of drug-likeness (QED) is 0.362. The molecule has 8 nitrogen and oxygen atoms in total. The first-order chi connectivity index (χ1) is 14.9. The molecule has 2 N–H and O–H groups in total. The van der Waals surface area contributed by atoms with Gasteiger partial charge in [-0.05, 0) is 62.7 Å². The number of anilines is 2. The molecule has 0 aliphatic carbocycles. The van der Waals surface area contributed by atoms with Gasteiger partial charge in [0.25, 0.3) is 5.91 Å². The highest BCUT2D eigenvalue weighted by atomic mass is 35.5. The van der Waals surface area contributed by atoms with E-state index in [0.29, 0.717) is 10.7 Å². The van der Waals surface area contributed by atoms with Gasteiger partial charge in [0, 0.05) is 24.7 Å². The maximum atomic E-state index is 12.6. The van der Waals surface area contributed by atoms with E-state index in [1.165, 1.54) is 24.6 Å². The van der Waals surface area contributed by atoms with Crippen LogP contribution in [0.5, 0.6) is 5.75 Å². The van der Waals surface area contributed by atoms with Crippen molar-refractivity contribution in [3.63, 3.8) is 0 Å². The average molecular weight is 463 g/mol. The lowest BCUT2D eigenvalue weighted by molar-refractivity contribution is -0.385. The van der Waals surface area contributed by atoms with Crippen LogP contribution in [0.2, 0.25) is 5.02 Å². The van der Waals surface area contributed by atoms with E-state index in [-0.39, 0.29) is 28.7 Å². The monoisotopic (exact) mass is 462 g/mol. The molecular weight excluding hydrogens is 440 g/mol. The summed E-state index contributed by atoms with van der Waals surface area (Å²) in [6, 6.07) is 9.49. The molecule has 10 heteroatoms. The number of ether oxygens (including phenoxy) is 1. The number of thiocarbonyl (C=S) groups is 1. The number of piperidine rings is 1. The molecule has 1 aliphatic heterocycles. The molecule has 2 aromatic carbocycles. The Morgan fingerprint density at radius 3 is 2.68 bits per heavy atom. The zero-order valence-corrected chi connectivity index (χ0v) is 18.6. The van der Waals surface area contributed by atoms with E-state index in [0.717, 1.165) is 31.6 Å². The minimum absolute atomic E-state index is 0.0714. The number of carbonyl (C=O) groups is 1. The molecule has 1 aliphatic rings. The van der Waals surface area contributed by atoms with Crippen molar-refractivity contribution in [2.24, 2.45) is 0 Å². The molecule has 0 radical (unpaired) electrons. The molecule has 0 spiro atoms. The van der Waals surface area contributed by atoms with Crippen LogP contribution in [-0.2, 0) is 0 Å². The first kappa shape index (κ1) is 22.8. The Morgan fingerprint density at radius 2 is 2.00 bits per heavy atom. The summed E-state index contributed by atoms with van der Waals surface area (Å²) in [6.07, 6.45) is 3.36. The Bertz CT molecular complexity index is 995. The molecule has 3 rings (SSSR count). The molecule has 0 bridgehead atoms. The first-order valence-electron chi connectivity index (χ1n) is 9.97. The van der Waals surface area contributed by atoms with E-state index in [1.54, 1.807) is 13.0 Å². The van der Waals surface area contributed by atoms with Crippen molar-refractivity contribution in [2.45, 2.75) is 26.2 Å². The largest absolute Gasteiger partial charge is 0.487 e. The molecule has 0 unspecified atom stereocenters. The van der Waals surface area contributed by atoms with E-state index in [2.05, 4.69) is 15.5 Å². The summed E-state index contributed by atoms with van der Waals surface area (Å²) in [5.41, 5.74) is 1.35. The Balaban J connectivity index is 1.74. The third kappa shape index (κ3) is 5.62. The van der Waals surface area contributed by atoms with Crippen LogP contribution >= 0.6 is 23.8 Å². The lowest BCUT2D eigenvalue weighted by Crippen LogP contribution is -2.35. The van der Waals surface area contributed by atoms with Crippen LogP contribution in [0.25, 0.3) is 0 Å². The van der Waals surface area contributed by atoms with Crippen LogP contribution in [0.4, 0.5) is 17.1 Å². The lowest BCUT2D eigenvalue weighted by Gasteiger charge is -2.31. The van der Waals surface area contributed by atoms with Gasteiger partial charge >= 0.3 is 5.69 Å².